The number of unbranched alkanes of at least 4 members (excludes halogenated alkanes) is 5. The van der Waals surface area contributed by atoms with Crippen molar-refractivity contribution in [2.24, 2.45) is 0 Å². The zero-order valence-electron chi connectivity index (χ0n) is 16.1. The summed E-state index contributed by atoms with van der Waals surface area (Å²) in [6, 6.07) is 2.17. The quantitative estimate of drug-likeness (QED) is 0.321. The third-order valence-corrected chi connectivity index (χ3v) is 4.70. The van der Waals surface area contributed by atoms with E-state index in [9.17, 15) is 4.79 Å². The number of allylic oxidation sites excluding steroid dienone is 2. The van der Waals surface area contributed by atoms with Crippen LogP contribution in [-0.2, 0) is 14.3 Å². The van der Waals surface area contributed by atoms with E-state index in [4.69, 9.17) is 19.8 Å². The van der Waals surface area contributed by atoms with Gasteiger partial charge in [0, 0.05) is 6.42 Å². The molecule has 0 aromatic carbocycles. The molecule has 0 spiro atoms. The highest BCUT2D eigenvalue weighted by Gasteiger charge is 2.27. The second kappa shape index (κ2) is 11.5. The molecule has 0 bridgehead atoms. The minimum Gasteiger partial charge on any atom is -0.482 e. The largest absolute Gasteiger partial charge is 0.482 e. The summed E-state index contributed by atoms with van der Waals surface area (Å²) in [5.74, 6) is -0.604. The van der Waals surface area contributed by atoms with E-state index in [1.54, 1.807) is 0 Å². The number of carboxylic acids is 1. The maximum Gasteiger partial charge on any atom is 0.341 e. The van der Waals surface area contributed by atoms with Crippen molar-refractivity contribution >= 4 is 5.97 Å². The lowest BCUT2D eigenvalue weighted by Gasteiger charge is -2.33. The molecule has 1 heterocycles. The van der Waals surface area contributed by atoms with E-state index < -0.39 is 5.97 Å². The molecule has 0 unspecified atom stereocenters. The molecule has 0 saturated carbocycles. The van der Waals surface area contributed by atoms with Crippen molar-refractivity contribution in [3.63, 3.8) is 0 Å². The van der Waals surface area contributed by atoms with Gasteiger partial charge in [0.15, 0.2) is 6.61 Å². The molecule has 26 heavy (non-hydrogen) atoms. The average molecular weight is 361 g/mol. The summed E-state index contributed by atoms with van der Waals surface area (Å²) in [5.41, 5.74) is 1.74. The lowest BCUT2D eigenvalue weighted by atomic mass is 9.90. The van der Waals surface area contributed by atoms with Gasteiger partial charge in [-0.15, -0.1) is 0 Å². The Balaban J connectivity index is 2.37. The van der Waals surface area contributed by atoms with Gasteiger partial charge in [0.25, 0.3) is 0 Å². The normalized spacial score (nSPS) is 22.0. The van der Waals surface area contributed by atoms with E-state index in [1.165, 1.54) is 0 Å². The van der Waals surface area contributed by atoms with Crippen molar-refractivity contribution in [2.75, 3.05) is 13.2 Å². The van der Waals surface area contributed by atoms with Gasteiger partial charge in [-0.1, -0.05) is 31.6 Å². The van der Waals surface area contributed by atoms with Crippen LogP contribution in [0.5, 0.6) is 0 Å². The molecule has 0 aromatic heterocycles. The van der Waals surface area contributed by atoms with Crippen molar-refractivity contribution in [2.45, 2.75) is 70.8 Å². The molecule has 1 saturated heterocycles. The molecule has 5 heteroatoms. The van der Waals surface area contributed by atoms with Crippen molar-refractivity contribution in [1.82, 2.24) is 0 Å². The Morgan fingerprint density at radius 1 is 1.42 bits per heavy atom. The van der Waals surface area contributed by atoms with Crippen LogP contribution < -0.4 is 0 Å². The van der Waals surface area contributed by atoms with Crippen molar-refractivity contribution in [3.8, 4) is 6.07 Å². The lowest BCUT2D eigenvalue weighted by molar-refractivity contribution is -0.140. The van der Waals surface area contributed by atoms with Gasteiger partial charge in [0.05, 0.1) is 18.3 Å². The lowest BCUT2D eigenvalue weighted by Crippen LogP contribution is -2.32. The number of hydrogen-bond donors (Lipinski definition) is 1. The Morgan fingerprint density at radius 3 is 2.77 bits per heavy atom. The van der Waals surface area contributed by atoms with Gasteiger partial charge >= 0.3 is 5.97 Å². The predicted octanol–water partition coefficient (Wildman–Crippen LogP) is 4.91. The zero-order chi connectivity index (χ0) is 19.4. The first kappa shape index (κ1) is 22.0. The van der Waals surface area contributed by atoms with Crippen LogP contribution in [0, 0.1) is 11.3 Å². The molecule has 1 aliphatic rings. The number of hydrogen-bond acceptors (Lipinski definition) is 4. The van der Waals surface area contributed by atoms with Crippen LogP contribution in [0.25, 0.3) is 0 Å². The molecule has 0 radical (unpaired) electrons. The summed E-state index contributed by atoms with van der Waals surface area (Å²) in [5, 5.41) is 17.2. The molecule has 1 rings (SSSR count). The molecule has 1 N–H and O–H groups in total. The highest BCUT2D eigenvalue weighted by molar-refractivity contribution is 5.68. The van der Waals surface area contributed by atoms with E-state index in [0.29, 0.717) is 18.8 Å². The van der Waals surface area contributed by atoms with Crippen LogP contribution in [0.1, 0.15) is 65.2 Å². The molecule has 144 valence electrons. The van der Waals surface area contributed by atoms with Gasteiger partial charge in [-0.05, 0) is 57.1 Å². The highest BCUT2D eigenvalue weighted by Crippen LogP contribution is 2.32. The van der Waals surface area contributed by atoms with Crippen LogP contribution in [0.2, 0.25) is 0 Å². The zero-order valence-corrected chi connectivity index (χ0v) is 16.1. The van der Waals surface area contributed by atoms with E-state index in [2.05, 4.69) is 31.7 Å². The molecular formula is C21H31NO4. The van der Waals surface area contributed by atoms with Gasteiger partial charge in [0.1, 0.15) is 5.76 Å². The number of carboxylic acid groups (broad SMARTS) is 1. The standard InChI is InChI=1S/C21H31NO4/c1-17(18(2)25-16-20(23)24)19-11-13-21(3,26-15-19)12-9-7-5-4-6-8-10-14-22/h9,12H,2,4-8,10-11,13,15-16H2,1,3H3,(H,23,24)/b12-9+,19-17-/t21-/m1/s1. The van der Waals surface area contributed by atoms with Gasteiger partial charge in [0.2, 0.25) is 0 Å². The predicted molar refractivity (Wildman–Crippen MR) is 101 cm³/mol. The number of carbonyl (C=O) groups is 1. The first-order valence-electron chi connectivity index (χ1n) is 9.29. The van der Waals surface area contributed by atoms with Gasteiger partial charge in [-0.2, -0.15) is 5.26 Å². The number of aliphatic carboxylic acids is 1. The van der Waals surface area contributed by atoms with Gasteiger partial charge < -0.3 is 14.6 Å². The summed E-state index contributed by atoms with van der Waals surface area (Å²) in [6.07, 6.45) is 12.2. The average Bonchev–Trinajstić information content (AvgIpc) is 2.62. The Morgan fingerprint density at radius 2 is 2.15 bits per heavy atom. The molecule has 1 atom stereocenters. The molecule has 1 aliphatic heterocycles. The van der Waals surface area contributed by atoms with Gasteiger partial charge in [-0.3, -0.25) is 0 Å². The van der Waals surface area contributed by atoms with E-state index >= 15 is 0 Å². The van der Waals surface area contributed by atoms with Crippen LogP contribution in [0.15, 0.2) is 35.6 Å². The fourth-order valence-electron chi connectivity index (χ4n) is 2.83. The third kappa shape index (κ3) is 8.35. The monoisotopic (exact) mass is 361 g/mol. The van der Waals surface area contributed by atoms with Crippen LogP contribution in [-0.4, -0.2) is 29.9 Å². The van der Waals surface area contributed by atoms with Crippen LogP contribution >= 0.6 is 0 Å². The van der Waals surface area contributed by atoms with Crippen molar-refractivity contribution < 1.29 is 19.4 Å². The van der Waals surface area contributed by atoms with E-state index in [0.717, 1.165) is 56.1 Å². The summed E-state index contributed by atoms with van der Waals surface area (Å²) in [4.78, 5) is 10.6. The molecule has 1 fully saturated rings. The minimum absolute atomic E-state index is 0.256. The van der Waals surface area contributed by atoms with Crippen LogP contribution in [0.4, 0.5) is 0 Å². The Kier molecular flexibility index (Phi) is 9.75. The number of nitrogens with zero attached hydrogens (tertiary/aromatic N) is 1. The van der Waals surface area contributed by atoms with Gasteiger partial charge in [-0.25, -0.2) is 4.79 Å². The summed E-state index contributed by atoms with van der Waals surface area (Å²) in [7, 11) is 0. The molecule has 0 aromatic rings. The minimum atomic E-state index is -1.01. The van der Waals surface area contributed by atoms with E-state index in [1.807, 2.05) is 6.92 Å². The molecule has 0 aliphatic carbocycles. The van der Waals surface area contributed by atoms with E-state index in [-0.39, 0.29) is 12.2 Å². The number of ether oxygens (including phenoxy) is 2. The number of rotatable bonds is 11. The fourth-order valence-corrected chi connectivity index (χ4v) is 2.83. The fraction of sp³-hybridized carbons (Fsp3) is 0.619. The molecule has 5 nitrogen and oxygen atoms in total. The highest BCUT2D eigenvalue weighted by atomic mass is 16.5. The second-order valence-corrected chi connectivity index (χ2v) is 6.95. The SMILES string of the molecule is C=C(OCC(=O)O)/C(C)=C1/CC[C@@](C)(/C=C/CCCCCCC#N)OC1. The smallest absolute Gasteiger partial charge is 0.341 e. The van der Waals surface area contributed by atoms with Crippen molar-refractivity contribution in [3.05, 3.63) is 35.6 Å². The second-order valence-electron chi connectivity index (χ2n) is 6.95. The maximum atomic E-state index is 10.6. The summed E-state index contributed by atoms with van der Waals surface area (Å²) < 4.78 is 11.2. The Labute approximate surface area is 157 Å². The Bertz CT molecular complexity index is 573. The van der Waals surface area contributed by atoms with Crippen molar-refractivity contribution in [1.29, 1.82) is 5.26 Å². The summed E-state index contributed by atoms with van der Waals surface area (Å²) >= 11 is 0. The molecular weight excluding hydrogens is 330 g/mol. The first-order chi connectivity index (χ1) is 12.4. The first-order valence-corrected chi connectivity index (χ1v) is 9.29. The van der Waals surface area contributed by atoms with Crippen LogP contribution in [0.3, 0.4) is 0 Å². The topological polar surface area (TPSA) is 79.5 Å². The molecule has 0 amide bonds. The number of nitriles is 1. The summed E-state index contributed by atoms with van der Waals surface area (Å²) in [6.45, 7) is 7.93. The third-order valence-electron chi connectivity index (χ3n) is 4.70. The Hall–Kier alpha value is -2.06. The maximum absolute atomic E-state index is 10.6.